The first kappa shape index (κ1) is 24.1. The molecule has 1 aromatic carbocycles. The van der Waals surface area contributed by atoms with Gasteiger partial charge in [-0.05, 0) is 37.5 Å². The number of likely N-dealkylation sites (tertiary alicyclic amines) is 1. The largest absolute Gasteiger partial charge is 0.493 e. The number of hydrogen-bond donors (Lipinski definition) is 2. The number of methoxy groups -OCH3 is 2. The second kappa shape index (κ2) is 12.5. The molecule has 1 aliphatic heterocycles. The summed E-state index contributed by atoms with van der Waals surface area (Å²) in [5.74, 6) is 2.14. The van der Waals surface area contributed by atoms with E-state index in [1.165, 1.54) is 0 Å². The Labute approximate surface area is 184 Å². The van der Waals surface area contributed by atoms with Crippen molar-refractivity contribution in [1.82, 2.24) is 15.5 Å². The molecule has 0 saturated carbocycles. The van der Waals surface area contributed by atoms with Crippen molar-refractivity contribution in [2.75, 3.05) is 41.0 Å². The molecule has 8 nitrogen and oxygen atoms in total. The number of benzene rings is 1. The number of carbonyl (C=O) groups excluding carboxylic acids is 1. The Bertz CT molecular complexity index is 649. The lowest BCUT2D eigenvalue weighted by atomic mass is 10.1. The zero-order valence-corrected chi connectivity index (χ0v) is 19.3. The molecule has 1 aliphatic rings. The number of nitrogens with zero attached hydrogens (tertiary/aromatic N) is 2. The number of piperidine rings is 1. The Morgan fingerprint density at radius 1 is 1.21 bits per heavy atom. The number of ether oxygens (including phenoxy) is 3. The predicted molar refractivity (Wildman–Crippen MR) is 120 cm³/mol. The lowest BCUT2D eigenvalue weighted by Crippen LogP contribution is -2.49. The SMILES string of the molecule is CCOC(=O)N1CCC(NC(=NC)NCc2ccc(OC)c(OC)c2)CC1.I. The molecule has 2 N–H and O–H groups in total. The zero-order valence-electron chi connectivity index (χ0n) is 17.0. The van der Waals surface area contributed by atoms with Crippen molar-refractivity contribution < 1.29 is 19.0 Å². The molecule has 158 valence electrons. The van der Waals surface area contributed by atoms with Crippen LogP contribution in [0.1, 0.15) is 25.3 Å². The first-order valence-electron chi connectivity index (χ1n) is 9.21. The van der Waals surface area contributed by atoms with Gasteiger partial charge < -0.3 is 29.7 Å². The summed E-state index contributed by atoms with van der Waals surface area (Å²) in [7, 11) is 4.99. The maximum atomic E-state index is 11.8. The van der Waals surface area contributed by atoms with Gasteiger partial charge in [0.15, 0.2) is 17.5 Å². The van der Waals surface area contributed by atoms with Crippen LogP contribution >= 0.6 is 24.0 Å². The molecular weight excluding hydrogens is 475 g/mol. The second-order valence-electron chi connectivity index (χ2n) is 6.22. The average Bonchev–Trinajstić information content (AvgIpc) is 2.71. The van der Waals surface area contributed by atoms with Crippen molar-refractivity contribution in [3.05, 3.63) is 23.8 Å². The summed E-state index contributed by atoms with van der Waals surface area (Å²) in [6, 6.07) is 6.08. The molecule has 28 heavy (non-hydrogen) atoms. The normalized spacial score (nSPS) is 14.7. The summed E-state index contributed by atoms with van der Waals surface area (Å²) in [5, 5.41) is 6.74. The second-order valence-corrected chi connectivity index (χ2v) is 6.22. The van der Waals surface area contributed by atoms with E-state index in [0.717, 1.165) is 24.4 Å². The van der Waals surface area contributed by atoms with Crippen LogP contribution in [0.25, 0.3) is 0 Å². The highest BCUT2D eigenvalue weighted by Crippen LogP contribution is 2.27. The van der Waals surface area contributed by atoms with Gasteiger partial charge in [0, 0.05) is 32.7 Å². The maximum absolute atomic E-state index is 11.8. The van der Waals surface area contributed by atoms with Gasteiger partial charge in [0.05, 0.1) is 20.8 Å². The smallest absolute Gasteiger partial charge is 0.409 e. The molecule has 9 heteroatoms. The number of guanidine groups is 1. The van der Waals surface area contributed by atoms with Crippen LogP contribution in [-0.4, -0.2) is 64.0 Å². The number of rotatable bonds is 6. The van der Waals surface area contributed by atoms with Crippen molar-refractivity contribution >= 4 is 36.0 Å². The molecule has 0 aliphatic carbocycles. The predicted octanol–water partition coefficient (Wildman–Crippen LogP) is 2.61. The molecule has 1 amide bonds. The highest BCUT2D eigenvalue weighted by atomic mass is 127. The summed E-state index contributed by atoms with van der Waals surface area (Å²) in [6.07, 6.45) is 1.48. The monoisotopic (exact) mass is 506 g/mol. The minimum atomic E-state index is -0.230. The minimum absolute atomic E-state index is 0. The quantitative estimate of drug-likeness (QED) is 0.351. The molecule has 1 saturated heterocycles. The molecule has 0 radical (unpaired) electrons. The zero-order chi connectivity index (χ0) is 19.6. The van der Waals surface area contributed by atoms with E-state index >= 15 is 0 Å². The van der Waals surface area contributed by atoms with Crippen molar-refractivity contribution in [3.8, 4) is 11.5 Å². The van der Waals surface area contributed by atoms with Crippen LogP contribution in [0.3, 0.4) is 0 Å². The molecule has 0 aromatic heterocycles. The van der Waals surface area contributed by atoms with Gasteiger partial charge in [0.2, 0.25) is 0 Å². The Balaban J connectivity index is 0.00000392. The molecule has 2 rings (SSSR count). The minimum Gasteiger partial charge on any atom is -0.493 e. The van der Waals surface area contributed by atoms with Gasteiger partial charge in [0.1, 0.15) is 0 Å². The number of amides is 1. The van der Waals surface area contributed by atoms with Crippen molar-refractivity contribution in [2.45, 2.75) is 32.4 Å². The molecule has 1 fully saturated rings. The van der Waals surface area contributed by atoms with Gasteiger partial charge in [-0.25, -0.2) is 4.79 Å². The third kappa shape index (κ3) is 6.92. The van der Waals surface area contributed by atoms with Crippen molar-refractivity contribution in [1.29, 1.82) is 0 Å². The van der Waals surface area contributed by atoms with Crippen LogP contribution in [-0.2, 0) is 11.3 Å². The first-order valence-corrected chi connectivity index (χ1v) is 9.21. The lowest BCUT2D eigenvalue weighted by molar-refractivity contribution is 0.0963. The fraction of sp³-hybridized carbons (Fsp3) is 0.579. The summed E-state index contributed by atoms with van der Waals surface area (Å²) in [4.78, 5) is 17.8. The van der Waals surface area contributed by atoms with E-state index in [4.69, 9.17) is 14.2 Å². The molecular formula is C19H31IN4O4. The van der Waals surface area contributed by atoms with Gasteiger partial charge in [-0.3, -0.25) is 4.99 Å². The lowest BCUT2D eigenvalue weighted by Gasteiger charge is -2.32. The van der Waals surface area contributed by atoms with Crippen molar-refractivity contribution in [2.24, 2.45) is 4.99 Å². The highest BCUT2D eigenvalue weighted by molar-refractivity contribution is 14.0. The third-order valence-corrected chi connectivity index (χ3v) is 4.49. The van der Waals surface area contributed by atoms with Gasteiger partial charge in [0.25, 0.3) is 0 Å². The Morgan fingerprint density at radius 2 is 1.89 bits per heavy atom. The van der Waals surface area contributed by atoms with E-state index in [1.807, 2.05) is 25.1 Å². The van der Waals surface area contributed by atoms with Crippen LogP contribution in [0.4, 0.5) is 4.79 Å². The average molecular weight is 506 g/mol. The van der Waals surface area contributed by atoms with Crippen LogP contribution < -0.4 is 20.1 Å². The van der Waals surface area contributed by atoms with E-state index < -0.39 is 0 Å². The molecule has 0 atom stereocenters. The molecule has 1 heterocycles. The summed E-state index contributed by atoms with van der Waals surface area (Å²) in [6.45, 7) is 4.21. The number of aliphatic imine (C=N–C) groups is 1. The topological polar surface area (TPSA) is 84.4 Å². The van der Waals surface area contributed by atoms with Crippen molar-refractivity contribution in [3.63, 3.8) is 0 Å². The fourth-order valence-corrected chi connectivity index (χ4v) is 2.99. The number of carbonyl (C=O) groups is 1. The van der Waals surface area contributed by atoms with Crippen LogP contribution in [0.2, 0.25) is 0 Å². The van der Waals surface area contributed by atoms with Gasteiger partial charge in [-0.2, -0.15) is 0 Å². The van der Waals surface area contributed by atoms with Crippen LogP contribution in [0.15, 0.2) is 23.2 Å². The summed E-state index contributed by atoms with van der Waals surface area (Å²) >= 11 is 0. The van der Waals surface area contributed by atoms with E-state index in [2.05, 4.69) is 15.6 Å². The van der Waals surface area contributed by atoms with E-state index in [-0.39, 0.29) is 36.1 Å². The highest BCUT2D eigenvalue weighted by Gasteiger charge is 2.24. The van der Waals surface area contributed by atoms with E-state index in [1.54, 1.807) is 26.2 Å². The Kier molecular flexibility index (Phi) is 10.8. The standard InChI is InChI=1S/C19H30N4O4.HI/c1-5-27-19(24)23-10-8-15(9-11-23)22-18(20-2)21-13-14-6-7-16(25-3)17(12-14)26-4;/h6-7,12,15H,5,8-11,13H2,1-4H3,(H2,20,21,22);1H. The molecule has 0 spiro atoms. The molecule has 0 unspecified atom stereocenters. The van der Waals surface area contributed by atoms with Crippen LogP contribution in [0, 0.1) is 0 Å². The molecule has 0 bridgehead atoms. The Morgan fingerprint density at radius 3 is 2.46 bits per heavy atom. The van der Waals surface area contributed by atoms with E-state index in [9.17, 15) is 4.79 Å². The number of nitrogens with one attached hydrogen (secondary N) is 2. The van der Waals surface area contributed by atoms with Crippen LogP contribution in [0.5, 0.6) is 11.5 Å². The number of halogens is 1. The van der Waals surface area contributed by atoms with Gasteiger partial charge >= 0.3 is 6.09 Å². The summed E-state index contributed by atoms with van der Waals surface area (Å²) < 4.78 is 15.7. The maximum Gasteiger partial charge on any atom is 0.409 e. The molecule has 1 aromatic rings. The third-order valence-electron chi connectivity index (χ3n) is 4.49. The Hall–Kier alpha value is -1.91. The van der Waals surface area contributed by atoms with Gasteiger partial charge in [-0.15, -0.1) is 24.0 Å². The summed E-state index contributed by atoms with van der Waals surface area (Å²) in [5.41, 5.74) is 1.06. The van der Waals surface area contributed by atoms with Gasteiger partial charge in [-0.1, -0.05) is 6.07 Å². The fourth-order valence-electron chi connectivity index (χ4n) is 2.99. The first-order chi connectivity index (χ1) is 13.1. The van der Waals surface area contributed by atoms with E-state index in [0.29, 0.717) is 37.7 Å². The number of hydrogen-bond acceptors (Lipinski definition) is 5.